The topological polar surface area (TPSA) is 26.3 Å². The van der Waals surface area contributed by atoms with E-state index in [1.807, 2.05) is 18.2 Å². The highest BCUT2D eigenvalue weighted by molar-refractivity contribution is 5.96. The molecule has 0 N–H and O–H groups in total. The predicted octanol–water partition coefficient (Wildman–Crippen LogP) is 4.31. The molecule has 3 heteroatoms. The maximum Gasteiger partial charge on any atom is 0.173 e. The molecule has 0 amide bonds. The molecule has 102 valence electrons. The molecular formula is C17H15FO2. The Morgan fingerprint density at radius 3 is 2.75 bits per heavy atom. The number of rotatable bonds is 3. The van der Waals surface area contributed by atoms with Gasteiger partial charge < -0.3 is 4.74 Å². The maximum absolute atomic E-state index is 13.9. The molecule has 0 unspecified atom stereocenters. The molecule has 1 aliphatic rings. The summed E-state index contributed by atoms with van der Waals surface area (Å²) in [7, 11) is 0. The van der Waals surface area contributed by atoms with Gasteiger partial charge in [0.2, 0.25) is 0 Å². The van der Waals surface area contributed by atoms with E-state index in [-0.39, 0.29) is 17.1 Å². The molecule has 2 aromatic rings. The Bertz CT molecular complexity index is 677. The van der Waals surface area contributed by atoms with Gasteiger partial charge in [0.1, 0.15) is 5.75 Å². The molecule has 2 nitrogen and oxygen atoms in total. The molecule has 0 heterocycles. The van der Waals surface area contributed by atoms with E-state index in [4.69, 9.17) is 4.74 Å². The van der Waals surface area contributed by atoms with Crippen LogP contribution in [0, 0.1) is 5.82 Å². The second-order valence-corrected chi connectivity index (χ2v) is 5.06. The van der Waals surface area contributed by atoms with Crippen molar-refractivity contribution in [1.29, 1.82) is 0 Å². The highest BCUT2D eigenvalue weighted by Crippen LogP contribution is 2.32. The van der Waals surface area contributed by atoms with Crippen LogP contribution in [0.5, 0.6) is 11.5 Å². The summed E-state index contributed by atoms with van der Waals surface area (Å²) in [6.07, 6.45) is 3.27. The molecule has 0 aliphatic heterocycles. The minimum Gasteiger partial charge on any atom is -0.454 e. The van der Waals surface area contributed by atoms with Crippen LogP contribution < -0.4 is 4.74 Å². The molecule has 0 radical (unpaired) electrons. The highest BCUT2D eigenvalue weighted by atomic mass is 19.1. The third-order valence-electron chi connectivity index (χ3n) is 3.64. The van der Waals surface area contributed by atoms with Crippen LogP contribution in [0.2, 0.25) is 0 Å². The summed E-state index contributed by atoms with van der Waals surface area (Å²) in [5.41, 5.74) is 2.85. The lowest BCUT2D eigenvalue weighted by atomic mass is 10.1. The zero-order chi connectivity index (χ0) is 14.1. The quantitative estimate of drug-likeness (QED) is 0.777. The average Bonchev–Trinajstić information content (AvgIpc) is 2.88. The number of Topliss-reactive ketones (excluding diaryl/α,β-unsaturated/α-hetero) is 1. The van der Waals surface area contributed by atoms with Crippen LogP contribution in [0.15, 0.2) is 36.4 Å². The minimum atomic E-state index is -0.516. The fraction of sp³-hybridized carbons (Fsp3) is 0.235. The lowest BCUT2D eigenvalue weighted by Gasteiger charge is -2.11. The molecule has 0 spiro atoms. The van der Waals surface area contributed by atoms with E-state index in [9.17, 15) is 9.18 Å². The third kappa shape index (κ3) is 2.31. The van der Waals surface area contributed by atoms with Crippen molar-refractivity contribution in [2.24, 2.45) is 0 Å². The number of carbonyl (C=O) groups excluding carboxylic acids is 1. The standard InChI is InChI=1S/C17H15FO2/c1-11(19)15-6-3-7-16(18)17(15)20-14-9-8-12-4-2-5-13(12)10-14/h3,6-10H,2,4-5H2,1H3. The Labute approximate surface area is 117 Å². The average molecular weight is 270 g/mol. The van der Waals surface area contributed by atoms with Gasteiger partial charge in [0.15, 0.2) is 17.3 Å². The van der Waals surface area contributed by atoms with Crippen LogP contribution in [0.3, 0.4) is 0 Å². The van der Waals surface area contributed by atoms with E-state index >= 15 is 0 Å². The smallest absolute Gasteiger partial charge is 0.173 e. The number of hydrogen-bond donors (Lipinski definition) is 0. The Kier molecular flexibility index (Phi) is 3.26. The maximum atomic E-state index is 13.9. The summed E-state index contributed by atoms with van der Waals surface area (Å²) in [5.74, 6) is -0.130. The van der Waals surface area contributed by atoms with Crippen LogP contribution in [-0.2, 0) is 12.8 Å². The van der Waals surface area contributed by atoms with Crippen LogP contribution in [0.25, 0.3) is 0 Å². The highest BCUT2D eigenvalue weighted by Gasteiger charge is 2.16. The normalized spacial score (nSPS) is 13.1. The summed E-state index contributed by atoms with van der Waals surface area (Å²) in [6.45, 7) is 1.41. The Balaban J connectivity index is 1.97. The minimum absolute atomic E-state index is 0.0120. The van der Waals surface area contributed by atoms with Gasteiger partial charge in [-0.2, -0.15) is 0 Å². The predicted molar refractivity (Wildman–Crippen MR) is 74.9 cm³/mol. The van der Waals surface area contributed by atoms with E-state index in [1.165, 1.54) is 30.2 Å². The second kappa shape index (κ2) is 5.08. The van der Waals surface area contributed by atoms with E-state index in [0.29, 0.717) is 5.75 Å². The largest absolute Gasteiger partial charge is 0.454 e. The molecule has 2 aromatic carbocycles. The van der Waals surface area contributed by atoms with Crippen molar-refractivity contribution in [2.45, 2.75) is 26.2 Å². The van der Waals surface area contributed by atoms with Crippen molar-refractivity contribution < 1.29 is 13.9 Å². The lowest BCUT2D eigenvalue weighted by Crippen LogP contribution is -1.99. The van der Waals surface area contributed by atoms with Crippen LogP contribution in [0.4, 0.5) is 4.39 Å². The molecular weight excluding hydrogens is 255 g/mol. The van der Waals surface area contributed by atoms with Gasteiger partial charge in [-0.1, -0.05) is 12.1 Å². The molecule has 1 aliphatic carbocycles. The van der Waals surface area contributed by atoms with E-state index < -0.39 is 5.82 Å². The second-order valence-electron chi connectivity index (χ2n) is 5.06. The summed E-state index contributed by atoms with van der Waals surface area (Å²) in [6, 6.07) is 10.2. The van der Waals surface area contributed by atoms with E-state index in [2.05, 4.69) is 0 Å². The zero-order valence-electron chi connectivity index (χ0n) is 11.3. The van der Waals surface area contributed by atoms with Crippen LogP contribution in [0.1, 0.15) is 34.8 Å². The van der Waals surface area contributed by atoms with Gasteiger partial charge >= 0.3 is 0 Å². The fourth-order valence-electron chi connectivity index (χ4n) is 2.62. The first kappa shape index (κ1) is 12.9. The number of fused-ring (bicyclic) bond motifs is 1. The number of halogens is 1. The van der Waals surface area contributed by atoms with Gasteiger partial charge in [-0.3, -0.25) is 4.79 Å². The SMILES string of the molecule is CC(=O)c1cccc(F)c1Oc1ccc2c(c1)CCC2. The molecule has 3 rings (SSSR count). The summed E-state index contributed by atoms with van der Waals surface area (Å²) in [5, 5.41) is 0. The molecule has 0 saturated carbocycles. The number of carbonyl (C=O) groups is 1. The van der Waals surface area contributed by atoms with Gasteiger partial charge in [-0.15, -0.1) is 0 Å². The fourth-order valence-corrected chi connectivity index (χ4v) is 2.62. The number of ketones is 1. The van der Waals surface area contributed by atoms with Crippen LogP contribution >= 0.6 is 0 Å². The Morgan fingerprint density at radius 1 is 1.15 bits per heavy atom. The molecule has 0 atom stereocenters. The zero-order valence-corrected chi connectivity index (χ0v) is 11.3. The molecule has 0 aromatic heterocycles. The number of ether oxygens (including phenoxy) is 1. The van der Waals surface area contributed by atoms with Gasteiger partial charge in [-0.05, 0) is 61.6 Å². The van der Waals surface area contributed by atoms with E-state index in [1.54, 1.807) is 6.07 Å². The van der Waals surface area contributed by atoms with Crippen LogP contribution in [-0.4, -0.2) is 5.78 Å². The third-order valence-corrected chi connectivity index (χ3v) is 3.64. The molecule has 0 bridgehead atoms. The van der Waals surface area contributed by atoms with Crippen molar-refractivity contribution in [3.8, 4) is 11.5 Å². The Hall–Kier alpha value is -2.16. The first-order chi connectivity index (χ1) is 9.65. The monoisotopic (exact) mass is 270 g/mol. The van der Waals surface area contributed by atoms with Gasteiger partial charge in [0.05, 0.1) is 5.56 Å². The Morgan fingerprint density at radius 2 is 1.95 bits per heavy atom. The molecule has 0 fully saturated rings. The van der Waals surface area contributed by atoms with Gasteiger partial charge in [-0.25, -0.2) is 4.39 Å². The number of para-hydroxylation sites is 1. The summed E-state index contributed by atoms with van der Waals surface area (Å²) < 4.78 is 19.5. The van der Waals surface area contributed by atoms with Crippen molar-refractivity contribution in [2.75, 3.05) is 0 Å². The first-order valence-electron chi connectivity index (χ1n) is 6.74. The van der Waals surface area contributed by atoms with Gasteiger partial charge in [0.25, 0.3) is 0 Å². The summed E-state index contributed by atoms with van der Waals surface area (Å²) in [4.78, 5) is 11.5. The van der Waals surface area contributed by atoms with E-state index in [0.717, 1.165) is 19.3 Å². The summed E-state index contributed by atoms with van der Waals surface area (Å²) >= 11 is 0. The number of benzene rings is 2. The number of hydrogen-bond acceptors (Lipinski definition) is 2. The lowest BCUT2D eigenvalue weighted by molar-refractivity contribution is 0.101. The van der Waals surface area contributed by atoms with Crippen molar-refractivity contribution in [3.05, 3.63) is 58.9 Å². The van der Waals surface area contributed by atoms with Crippen molar-refractivity contribution in [1.82, 2.24) is 0 Å². The first-order valence-corrected chi connectivity index (χ1v) is 6.74. The number of aryl methyl sites for hydroxylation is 2. The van der Waals surface area contributed by atoms with Gasteiger partial charge in [0, 0.05) is 0 Å². The molecule has 20 heavy (non-hydrogen) atoms. The van der Waals surface area contributed by atoms with Crippen molar-refractivity contribution >= 4 is 5.78 Å². The van der Waals surface area contributed by atoms with Crippen molar-refractivity contribution in [3.63, 3.8) is 0 Å². The molecule has 0 saturated heterocycles.